The number of carbonyl (C=O) groups is 6. The van der Waals surface area contributed by atoms with E-state index in [2.05, 4.69) is 43.6 Å². The number of alkyl halides is 2. The van der Waals surface area contributed by atoms with Crippen LogP contribution in [0.5, 0.6) is 0 Å². The minimum Gasteiger partial charge on any atom is -0.444 e. The number of piperidine rings is 3. The normalized spacial score (nSPS) is 14.6. The Labute approximate surface area is 691 Å². The van der Waals surface area contributed by atoms with Gasteiger partial charge in [-0.3, -0.25) is 29.9 Å². The fourth-order valence-corrected chi connectivity index (χ4v) is 14.6. The molecule has 4 amide bonds. The molecule has 3 saturated heterocycles. The van der Waals surface area contributed by atoms with Gasteiger partial charge >= 0.3 is 12.2 Å². The number of nitrogens with two attached hydrogens (primary N) is 2. The van der Waals surface area contributed by atoms with E-state index >= 15 is 0 Å². The van der Waals surface area contributed by atoms with Crippen molar-refractivity contribution in [2.24, 2.45) is 10.8 Å². The van der Waals surface area contributed by atoms with Crippen LogP contribution in [0.15, 0.2) is 218 Å². The number of nitrogen functional groups attached to an aromatic ring is 2. The molecule has 0 atom stereocenters. The summed E-state index contributed by atoms with van der Waals surface area (Å²) in [6, 6.07) is 68.9. The van der Waals surface area contributed by atoms with Crippen LogP contribution in [-0.2, 0) is 32.6 Å². The molecule has 0 unspecified atom stereocenters. The van der Waals surface area contributed by atoms with E-state index in [9.17, 15) is 24.0 Å². The number of rotatable bonds is 15. The first-order valence-electron chi connectivity index (χ1n) is 39.1. The Hall–Kier alpha value is -9.85. The monoisotopic (exact) mass is 1600 g/mol. The molecule has 0 radical (unpaired) electrons. The summed E-state index contributed by atoms with van der Waals surface area (Å²) in [5.41, 5.74) is 26.7. The van der Waals surface area contributed by atoms with Crippen LogP contribution in [0.2, 0.25) is 0 Å². The Morgan fingerprint density at radius 1 is 0.474 bits per heavy atom. The number of ether oxygens (including phenoxy) is 2. The molecule has 4 aliphatic rings. The Balaban J connectivity index is 0.000000208. The van der Waals surface area contributed by atoms with Gasteiger partial charge in [0.1, 0.15) is 17.5 Å². The summed E-state index contributed by atoms with van der Waals surface area (Å²) in [5.74, 6) is 0.525. The molecule has 3 heterocycles. The first-order valence-corrected chi connectivity index (χ1v) is 40.5. The summed E-state index contributed by atoms with van der Waals surface area (Å²) < 4.78 is 10.6. The molecule has 2 spiro atoms. The number of anilines is 6. The summed E-state index contributed by atoms with van der Waals surface area (Å²) in [6.45, 7) is 22.8. The van der Waals surface area contributed by atoms with Crippen LogP contribution in [0, 0.1) is 10.8 Å². The highest BCUT2D eigenvalue weighted by Crippen LogP contribution is 2.44. The smallest absolute Gasteiger partial charge is 0.412 e. The molecule has 13 rings (SSSR count). The SMILES string of the molecule is C.C1CCC2(CC1)CCNCC2.CC(C)(C)OC(=O)Nc1ccc(-c2ccccc2)cc1N.CC=O.CCN(C(=O)c1ccc(CCl)cc1)c1cc(-c2ccccc2)ccc1NC(=O)OC(C)(C)C.Nc1ccc(-c2ccccc2)cc1NC(=O)c1ccc(CN2CCC3(CCNCC3)CC2)cc1.O=C(Cl)c1ccc(CCl)cc1. The van der Waals surface area contributed by atoms with Crippen LogP contribution >= 0.6 is 34.8 Å². The van der Waals surface area contributed by atoms with Crippen molar-refractivity contribution < 1.29 is 38.2 Å². The van der Waals surface area contributed by atoms with E-state index < -0.39 is 28.6 Å². The van der Waals surface area contributed by atoms with Gasteiger partial charge in [-0.25, -0.2) is 9.59 Å². The highest BCUT2D eigenvalue weighted by Gasteiger charge is 2.36. The van der Waals surface area contributed by atoms with Crippen molar-refractivity contribution >= 4 is 104 Å². The summed E-state index contributed by atoms with van der Waals surface area (Å²) in [4.78, 5) is 74.2. The Kier molecular flexibility index (Phi) is 36.3. The average Bonchev–Trinajstić information content (AvgIpc) is 0.812. The van der Waals surface area contributed by atoms with E-state index in [0.29, 0.717) is 74.5 Å². The third kappa shape index (κ3) is 29.2. The number of nitrogens with zero attached hydrogens (tertiary/aromatic N) is 2. The van der Waals surface area contributed by atoms with E-state index in [-0.39, 0.29) is 19.2 Å². The van der Waals surface area contributed by atoms with Crippen LogP contribution in [-0.4, -0.2) is 97.4 Å². The second-order valence-corrected chi connectivity index (χ2v) is 31.8. The van der Waals surface area contributed by atoms with Crippen LogP contribution in [0.25, 0.3) is 33.4 Å². The van der Waals surface area contributed by atoms with E-state index in [1.54, 1.807) is 74.2 Å². The number of hydrogen-bond donors (Lipinski definition) is 7. The van der Waals surface area contributed by atoms with Gasteiger partial charge in [0.2, 0.25) is 0 Å². The summed E-state index contributed by atoms with van der Waals surface area (Å²) in [6.07, 6.45) is 15.4. The number of amides is 4. The zero-order chi connectivity index (χ0) is 81.4. The Morgan fingerprint density at radius 2 is 0.877 bits per heavy atom. The molecule has 4 fully saturated rings. The molecular formula is C94H116Cl3N9O8. The van der Waals surface area contributed by atoms with Gasteiger partial charge < -0.3 is 46.6 Å². The van der Waals surface area contributed by atoms with Crippen molar-refractivity contribution in [2.75, 3.05) is 78.1 Å². The van der Waals surface area contributed by atoms with Crippen molar-refractivity contribution in [3.05, 3.63) is 252 Å². The predicted molar refractivity (Wildman–Crippen MR) is 473 cm³/mol. The fourth-order valence-electron chi connectivity index (χ4n) is 14.1. The number of aldehydes is 1. The highest BCUT2D eigenvalue weighted by atomic mass is 35.5. The number of hydrogen-bond acceptors (Lipinski definition) is 13. The molecule has 1 aliphatic carbocycles. The zero-order valence-corrected chi connectivity index (χ0v) is 68.9. The first kappa shape index (κ1) is 91.3. The number of benzene rings is 9. The Bertz CT molecular complexity index is 4460. The second kappa shape index (κ2) is 45.3. The molecule has 3 aliphatic heterocycles. The lowest BCUT2D eigenvalue weighted by atomic mass is 9.68. The minimum atomic E-state index is -0.640. The minimum absolute atomic E-state index is 0. The molecule has 1 saturated carbocycles. The van der Waals surface area contributed by atoms with Gasteiger partial charge in [-0.1, -0.05) is 172 Å². The van der Waals surface area contributed by atoms with E-state index in [0.717, 1.165) is 62.8 Å². The number of likely N-dealkylation sites (tertiary alicyclic amines) is 1. The summed E-state index contributed by atoms with van der Waals surface area (Å²) >= 11 is 16.7. The van der Waals surface area contributed by atoms with Gasteiger partial charge in [-0.2, -0.15) is 0 Å². The van der Waals surface area contributed by atoms with Crippen molar-refractivity contribution in [3.63, 3.8) is 0 Å². The standard InChI is InChI=1S/C29H34N4O.C27H29ClN2O3.C17H20N2O2.C10H19N.C8H6Cl2O.C2H4O.CH4/c30-26-11-10-25(23-4-2-1-3-5-23)20-27(26)32-28(34)24-8-6-22(7-9-24)21-33-18-14-29(15-19-33)12-16-31-17-13-29;1-5-30(25(31)21-13-11-19(18-28)12-14-21)24-17-22(20-9-7-6-8-10-20)15-16-23(24)29-26(32)33-27(2,3)4;1-17(2,3)21-16(20)19-15-10-9-13(11-14(15)18)12-7-5-4-6-8-12;1-2-4-10(5-3-1)6-8-11-9-7-10;9-5-6-1-3-7(4-2-6)8(10)11;1-2-3;/h1-11,20,31H,12-19,21,30H2,(H,32,34);6-17H,5,18H2,1-4H3,(H,29,32);4-11H,18H2,1-3H3,(H,19,20);11H,1-9H2;1-4H,5H2;2H,1H3;1H4. The first-order chi connectivity index (χ1) is 54.2. The molecule has 9 aromatic carbocycles. The molecule has 606 valence electrons. The predicted octanol–water partition coefficient (Wildman–Crippen LogP) is 22.5. The quantitative estimate of drug-likeness (QED) is 0.0219. The van der Waals surface area contributed by atoms with Crippen molar-refractivity contribution in [2.45, 2.75) is 163 Å². The fraction of sp³-hybridized carbons (Fsp3) is 0.362. The van der Waals surface area contributed by atoms with Gasteiger partial charge in [0, 0.05) is 41.5 Å². The van der Waals surface area contributed by atoms with Crippen molar-refractivity contribution in [1.82, 2.24) is 15.5 Å². The molecule has 0 aromatic heterocycles. The Morgan fingerprint density at radius 3 is 1.32 bits per heavy atom. The molecule has 114 heavy (non-hydrogen) atoms. The number of carbonyl (C=O) groups excluding carboxylic acids is 6. The maximum Gasteiger partial charge on any atom is 0.412 e. The van der Waals surface area contributed by atoms with Crippen LogP contribution in [0.3, 0.4) is 0 Å². The maximum absolute atomic E-state index is 13.4. The highest BCUT2D eigenvalue weighted by molar-refractivity contribution is 6.67. The van der Waals surface area contributed by atoms with Crippen LogP contribution in [0.1, 0.15) is 181 Å². The average molecular weight is 1610 g/mol. The van der Waals surface area contributed by atoms with Crippen LogP contribution in [0.4, 0.5) is 43.7 Å². The largest absolute Gasteiger partial charge is 0.444 e. The van der Waals surface area contributed by atoms with Gasteiger partial charge in [0.15, 0.2) is 0 Å². The summed E-state index contributed by atoms with van der Waals surface area (Å²) in [7, 11) is 0. The number of nitrogens with one attached hydrogen (secondary N) is 5. The van der Waals surface area contributed by atoms with E-state index in [4.69, 9.17) is 60.5 Å². The van der Waals surface area contributed by atoms with Crippen molar-refractivity contribution in [1.29, 1.82) is 0 Å². The van der Waals surface area contributed by atoms with Gasteiger partial charge in [-0.15, -0.1) is 23.2 Å². The van der Waals surface area contributed by atoms with Gasteiger partial charge in [0.05, 0.1) is 34.1 Å². The molecular weight excluding hydrogens is 1490 g/mol. The van der Waals surface area contributed by atoms with Crippen molar-refractivity contribution in [3.8, 4) is 33.4 Å². The lowest BCUT2D eigenvalue weighted by Crippen LogP contribution is -2.45. The van der Waals surface area contributed by atoms with Gasteiger partial charge in [0.25, 0.3) is 17.1 Å². The molecule has 20 heteroatoms. The third-order valence-corrected chi connectivity index (χ3v) is 21.1. The topological polar surface area (TPSA) is 240 Å². The molecule has 0 bridgehead atoms. The maximum atomic E-state index is 13.4. The van der Waals surface area contributed by atoms with E-state index in [1.807, 2.05) is 185 Å². The second-order valence-electron chi connectivity index (χ2n) is 30.9. The van der Waals surface area contributed by atoms with Crippen LogP contribution < -0.4 is 43.0 Å². The molecule has 9 N–H and O–H groups in total. The zero-order valence-electron chi connectivity index (χ0n) is 66.7. The van der Waals surface area contributed by atoms with Gasteiger partial charge in [-0.05, 0) is 291 Å². The lowest BCUT2D eigenvalue weighted by molar-refractivity contribution is -0.106. The van der Waals surface area contributed by atoms with E-state index in [1.165, 1.54) is 122 Å². The number of halogens is 3. The molecule has 17 nitrogen and oxygen atoms in total. The molecule has 9 aromatic rings. The lowest BCUT2D eigenvalue weighted by Gasteiger charge is -2.44. The third-order valence-electron chi connectivity index (χ3n) is 20.3. The summed E-state index contributed by atoms with van der Waals surface area (Å²) in [5, 5.41) is 15.0.